The molecule has 1 fully saturated rings. The van der Waals surface area contributed by atoms with Crippen LogP contribution in [0.4, 0.5) is 0 Å². The van der Waals surface area contributed by atoms with Gasteiger partial charge in [0, 0.05) is 22.3 Å². The van der Waals surface area contributed by atoms with Crippen LogP contribution in [0.25, 0.3) is 10.2 Å². The number of fused-ring (bicyclic) bond motifs is 1. The molecule has 1 aliphatic rings. The van der Waals surface area contributed by atoms with Crippen LogP contribution in [0.15, 0.2) is 27.5 Å². The van der Waals surface area contributed by atoms with E-state index in [0.717, 1.165) is 52.8 Å². The second kappa shape index (κ2) is 9.24. The van der Waals surface area contributed by atoms with E-state index in [2.05, 4.69) is 11.4 Å². The minimum atomic E-state index is -0.313. The molecule has 1 aliphatic carbocycles. The van der Waals surface area contributed by atoms with Crippen molar-refractivity contribution >= 4 is 50.6 Å². The number of thioether (sulfide) groups is 1. The van der Waals surface area contributed by atoms with Crippen molar-refractivity contribution in [2.45, 2.75) is 69.3 Å². The Labute approximate surface area is 188 Å². The maximum absolute atomic E-state index is 13.4. The van der Waals surface area contributed by atoms with Gasteiger partial charge in [-0.3, -0.25) is 14.2 Å². The fourth-order valence-electron chi connectivity index (χ4n) is 3.97. The van der Waals surface area contributed by atoms with Gasteiger partial charge in [-0.1, -0.05) is 30.7 Å². The van der Waals surface area contributed by atoms with E-state index in [-0.39, 0.29) is 22.8 Å². The summed E-state index contributed by atoms with van der Waals surface area (Å²) in [5.74, 6) is -0.0117. The van der Waals surface area contributed by atoms with Crippen molar-refractivity contribution in [3.63, 3.8) is 0 Å². The fraction of sp³-hybridized carbons (Fsp3) is 0.500. The van der Waals surface area contributed by atoms with Crippen LogP contribution < -0.4 is 10.9 Å². The zero-order valence-corrected chi connectivity index (χ0v) is 20.0. The predicted molar refractivity (Wildman–Crippen MR) is 127 cm³/mol. The number of nitrogens with zero attached hydrogens (tertiary/aromatic N) is 2. The molecular formula is C22H27N3O2S3. The molecule has 30 heavy (non-hydrogen) atoms. The average Bonchev–Trinajstić information content (AvgIpc) is 3.45. The standard InChI is InChI=1S/C22H27N3O2S3/c1-13-14(2)29-20-18(13)21(27)25(16-7-4-5-8-16)22(24-20)30-15(3)19(26)23-11-10-17-9-6-12-28-17/h6,9,12,15-16H,4-5,7-8,10-11H2,1-3H3,(H,23,26). The highest BCUT2D eigenvalue weighted by molar-refractivity contribution is 8.00. The third-order valence-electron chi connectivity index (χ3n) is 5.79. The van der Waals surface area contributed by atoms with Gasteiger partial charge in [0.25, 0.3) is 5.56 Å². The minimum Gasteiger partial charge on any atom is -0.355 e. The summed E-state index contributed by atoms with van der Waals surface area (Å²) in [6.45, 7) is 6.56. The molecule has 0 saturated heterocycles. The number of thiophene rings is 2. The van der Waals surface area contributed by atoms with Crippen LogP contribution in [0.5, 0.6) is 0 Å². The first-order valence-corrected chi connectivity index (χ1v) is 13.0. The van der Waals surface area contributed by atoms with Crippen LogP contribution in [0, 0.1) is 13.8 Å². The Morgan fingerprint density at radius 2 is 2.13 bits per heavy atom. The number of aryl methyl sites for hydroxylation is 2. The van der Waals surface area contributed by atoms with Gasteiger partial charge in [0.1, 0.15) is 4.83 Å². The van der Waals surface area contributed by atoms with E-state index in [0.29, 0.717) is 11.7 Å². The van der Waals surface area contributed by atoms with Crippen molar-refractivity contribution < 1.29 is 4.79 Å². The van der Waals surface area contributed by atoms with Gasteiger partial charge in [-0.2, -0.15) is 0 Å². The van der Waals surface area contributed by atoms with E-state index in [4.69, 9.17) is 4.98 Å². The Morgan fingerprint density at radius 3 is 2.83 bits per heavy atom. The van der Waals surface area contributed by atoms with Gasteiger partial charge in [-0.15, -0.1) is 22.7 Å². The first-order chi connectivity index (χ1) is 14.5. The average molecular weight is 462 g/mol. The SMILES string of the molecule is Cc1sc2nc(SC(C)C(=O)NCCc3cccs3)n(C3CCCC3)c(=O)c2c1C. The monoisotopic (exact) mass is 461 g/mol. The van der Waals surface area contributed by atoms with Crippen molar-refractivity contribution in [1.29, 1.82) is 0 Å². The molecule has 0 spiro atoms. The molecule has 160 valence electrons. The lowest BCUT2D eigenvalue weighted by molar-refractivity contribution is -0.120. The van der Waals surface area contributed by atoms with Crippen LogP contribution in [0.2, 0.25) is 0 Å². The molecule has 0 bridgehead atoms. The molecule has 1 unspecified atom stereocenters. The number of hydrogen-bond donors (Lipinski definition) is 1. The summed E-state index contributed by atoms with van der Waals surface area (Å²) in [6.07, 6.45) is 5.12. The van der Waals surface area contributed by atoms with E-state index in [1.165, 1.54) is 16.6 Å². The molecule has 4 rings (SSSR count). The highest BCUT2D eigenvalue weighted by atomic mass is 32.2. The Hall–Kier alpha value is -1.64. The number of aromatic nitrogens is 2. The van der Waals surface area contributed by atoms with Gasteiger partial charge in [0.2, 0.25) is 5.91 Å². The molecule has 3 aromatic heterocycles. The van der Waals surface area contributed by atoms with E-state index in [1.54, 1.807) is 22.7 Å². The fourth-order valence-corrected chi connectivity index (χ4v) is 6.76. The van der Waals surface area contributed by atoms with Crippen LogP contribution >= 0.6 is 34.4 Å². The van der Waals surface area contributed by atoms with Gasteiger partial charge >= 0.3 is 0 Å². The van der Waals surface area contributed by atoms with Crippen molar-refractivity contribution in [3.05, 3.63) is 43.2 Å². The minimum absolute atomic E-state index is 0.0117. The Morgan fingerprint density at radius 1 is 1.37 bits per heavy atom. The molecule has 8 heteroatoms. The Bertz CT molecular complexity index is 1100. The number of rotatable bonds is 7. The molecule has 3 aromatic rings. The molecule has 5 nitrogen and oxygen atoms in total. The van der Waals surface area contributed by atoms with E-state index >= 15 is 0 Å². The largest absolute Gasteiger partial charge is 0.355 e. The van der Waals surface area contributed by atoms with Gasteiger partial charge in [0.15, 0.2) is 5.16 Å². The smallest absolute Gasteiger partial charge is 0.263 e. The summed E-state index contributed by atoms with van der Waals surface area (Å²) in [5, 5.41) is 6.20. The van der Waals surface area contributed by atoms with E-state index in [9.17, 15) is 9.59 Å². The zero-order chi connectivity index (χ0) is 21.3. The molecule has 1 saturated carbocycles. The molecule has 0 aromatic carbocycles. The lowest BCUT2D eigenvalue weighted by atomic mass is 10.2. The van der Waals surface area contributed by atoms with Crippen molar-refractivity contribution in [2.24, 2.45) is 0 Å². The molecule has 1 atom stereocenters. The molecule has 1 amide bonds. The van der Waals surface area contributed by atoms with Crippen molar-refractivity contribution in [2.75, 3.05) is 6.54 Å². The molecular weight excluding hydrogens is 434 g/mol. The maximum Gasteiger partial charge on any atom is 0.263 e. The summed E-state index contributed by atoms with van der Waals surface area (Å²) in [7, 11) is 0. The third kappa shape index (κ3) is 4.36. The highest BCUT2D eigenvalue weighted by Gasteiger charge is 2.27. The van der Waals surface area contributed by atoms with Crippen molar-refractivity contribution in [3.8, 4) is 0 Å². The molecule has 3 heterocycles. The Balaban J connectivity index is 1.56. The van der Waals surface area contributed by atoms with Crippen LogP contribution in [-0.4, -0.2) is 27.3 Å². The van der Waals surface area contributed by atoms with E-state index < -0.39 is 0 Å². The zero-order valence-electron chi connectivity index (χ0n) is 17.6. The van der Waals surface area contributed by atoms with Crippen LogP contribution in [0.3, 0.4) is 0 Å². The molecule has 1 N–H and O–H groups in total. The first kappa shape index (κ1) is 21.6. The topological polar surface area (TPSA) is 64.0 Å². The lowest BCUT2D eigenvalue weighted by Gasteiger charge is -2.20. The number of carbonyl (C=O) groups excluding carboxylic acids is 1. The third-order valence-corrected chi connectivity index (χ3v) is 8.90. The predicted octanol–water partition coefficient (Wildman–Crippen LogP) is 5.09. The summed E-state index contributed by atoms with van der Waals surface area (Å²) in [5.41, 5.74) is 1.09. The van der Waals surface area contributed by atoms with Gasteiger partial charge in [-0.25, -0.2) is 4.98 Å². The second-order valence-corrected chi connectivity index (χ2v) is 11.4. The number of carbonyl (C=O) groups is 1. The Kier molecular flexibility index (Phi) is 6.65. The highest BCUT2D eigenvalue weighted by Crippen LogP contribution is 2.35. The number of amides is 1. The van der Waals surface area contributed by atoms with Crippen LogP contribution in [0.1, 0.15) is 54.0 Å². The van der Waals surface area contributed by atoms with E-state index in [1.807, 2.05) is 36.8 Å². The molecule has 0 aliphatic heterocycles. The second-order valence-electron chi connectivity index (χ2n) is 7.85. The van der Waals surface area contributed by atoms with Gasteiger partial charge in [0.05, 0.1) is 10.6 Å². The summed E-state index contributed by atoms with van der Waals surface area (Å²) < 4.78 is 1.88. The quantitative estimate of drug-likeness (QED) is 0.393. The van der Waals surface area contributed by atoms with Crippen molar-refractivity contribution in [1.82, 2.24) is 14.9 Å². The van der Waals surface area contributed by atoms with Gasteiger partial charge < -0.3 is 5.32 Å². The maximum atomic E-state index is 13.4. The summed E-state index contributed by atoms with van der Waals surface area (Å²) >= 11 is 4.68. The normalized spacial score (nSPS) is 15.7. The lowest BCUT2D eigenvalue weighted by Crippen LogP contribution is -2.33. The van der Waals surface area contributed by atoms with Gasteiger partial charge in [-0.05, 0) is 57.0 Å². The van der Waals surface area contributed by atoms with Crippen LogP contribution in [-0.2, 0) is 11.2 Å². The summed E-state index contributed by atoms with van der Waals surface area (Å²) in [6, 6.07) is 4.29. The number of hydrogen-bond acceptors (Lipinski definition) is 6. The number of nitrogens with one attached hydrogen (secondary N) is 1. The summed E-state index contributed by atoms with van der Waals surface area (Å²) in [4.78, 5) is 34.2. The first-order valence-electron chi connectivity index (χ1n) is 10.4. The molecule has 0 radical (unpaired) electrons.